The number of carboxylic acids is 1. The summed E-state index contributed by atoms with van der Waals surface area (Å²) in [5.41, 5.74) is 5.34. The van der Waals surface area contributed by atoms with Gasteiger partial charge in [-0.15, -0.1) is 0 Å². The SMILES string of the molecule is COc1cc(-c2ccc(C3CCc4ccc(C[C@H](C)C(=O)O)cc4O3)cc2CN(C)C)c(F)cn1. The van der Waals surface area contributed by atoms with Crippen LogP contribution in [0.3, 0.4) is 0 Å². The van der Waals surface area contributed by atoms with Gasteiger partial charge >= 0.3 is 5.97 Å². The van der Waals surface area contributed by atoms with E-state index in [9.17, 15) is 14.3 Å². The monoisotopic (exact) mass is 478 g/mol. The molecule has 0 saturated carbocycles. The molecule has 7 heteroatoms. The van der Waals surface area contributed by atoms with E-state index in [-0.39, 0.29) is 6.10 Å². The molecule has 0 fully saturated rings. The molecule has 0 bridgehead atoms. The minimum Gasteiger partial charge on any atom is -0.485 e. The summed E-state index contributed by atoms with van der Waals surface area (Å²) in [4.78, 5) is 17.3. The quantitative estimate of drug-likeness (QED) is 0.475. The lowest BCUT2D eigenvalue weighted by Gasteiger charge is -2.28. The first-order valence-electron chi connectivity index (χ1n) is 11.7. The Hall–Kier alpha value is -3.45. The zero-order chi connectivity index (χ0) is 25.1. The molecule has 1 aromatic heterocycles. The fourth-order valence-corrected chi connectivity index (χ4v) is 4.50. The van der Waals surface area contributed by atoms with Crippen molar-refractivity contribution in [2.24, 2.45) is 5.92 Å². The van der Waals surface area contributed by atoms with Crippen molar-refractivity contribution < 1.29 is 23.8 Å². The number of hydrogen-bond donors (Lipinski definition) is 1. The first-order valence-corrected chi connectivity index (χ1v) is 11.7. The van der Waals surface area contributed by atoms with Crippen molar-refractivity contribution in [3.8, 4) is 22.8 Å². The highest BCUT2D eigenvalue weighted by Crippen LogP contribution is 2.38. The number of ether oxygens (including phenoxy) is 2. The van der Waals surface area contributed by atoms with Gasteiger partial charge in [-0.2, -0.15) is 0 Å². The molecule has 0 spiro atoms. The Labute approximate surface area is 205 Å². The van der Waals surface area contributed by atoms with Crippen LogP contribution in [-0.4, -0.2) is 42.2 Å². The Bertz CT molecular complexity index is 1230. The van der Waals surface area contributed by atoms with E-state index >= 15 is 0 Å². The number of carboxylic acid groups (broad SMARTS) is 1. The van der Waals surface area contributed by atoms with Crippen molar-refractivity contribution in [3.05, 3.63) is 76.7 Å². The number of hydrogen-bond acceptors (Lipinski definition) is 5. The molecule has 3 aromatic rings. The van der Waals surface area contributed by atoms with Crippen LogP contribution < -0.4 is 9.47 Å². The lowest BCUT2D eigenvalue weighted by atomic mass is 9.91. The summed E-state index contributed by atoms with van der Waals surface area (Å²) < 4.78 is 26.3. The van der Waals surface area contributed by atoms with Crippen LogP contribution in [-0.2, 0) is 24.2 Å². The van der Waals surface area contributed by atoms with Crippen LogP contribution in [0.25, 0.3) is 11.1 Å². The second kappa shape index (κ2) is 10.4. The summed E-state index contributed by atoms with van der Waals surface area (Å²) in [7, 11) is 5.47. The maximum Gasteiger partial charge on any atom is 0.306 e. The third-order valence-corrected chi connectivity index (χ3v) is 6.36. The van der Waals surface area contributed by atoms with Gasteiger partial charge in [-0.3, -0.25) is 4.79 Å². The molecule has 184 valence electrons. The largest absolute Gasteiger partial charge is 0.485 e. The Kier molecular flexibility index (Phi) is 7.36. The number of nitrogens with zero attached hydrogens (tertiary/aromatic N) is 2. The second-order valence-corrected chi connectivity index (χ2v) is 9.39. The molecule has 1 N–H and O–H groups in total. The molecule has 0 amide bonds. The molecule has 0 radical (unpaired) electrons. The first kappa shape index (κ1) is 24.7. The fourth-order valence-electron chi connectivity index (χ4n) is 4.50. The predicted molar refractivity (Wildman–Crippen MR) is 132 cm³/mol. The maximum atomic E-state index is 14.7. The zero-order valence-corrected chi connectivity index (χ0v) is 20.5. The molecule has 2 heterocycles. The van der Waals surface area contributed by atoms with Gasteiger partial charge in [0.05, 0.1) is 19.2 Å². The molecule has 35 heavy (non-hydrogen) atoms. The van der Waals surface area contributed by atoms with Gasteiger partial charge in [-0.05, 0) is 67.2 Å². The van der Waals surface area contributed by atoms with Gasteiger partial charge in [0.25, 0.3) is 0 Å². The number of aliphatic carboxylic acids is 1. The second-order valence-electron chi connectivity index (χ2n) is 9.39. The van der Waals surface area contributed by atoms with Gasteiger partial charge in [0.1, 0.15) is 17.7 Å². The molecule has 1 aliphatic rings. The van der Waals surface area contributed by atoms with Crippen molar-refractivity contribution in [2.75, 3.05) is 21.2 Å². The number of benzene rings is 2. The molecular weight excluding hydrogens is 447 g/mol. The van der Waals surface area contributed by atoms with Gasteiger partial charge in [0.15, 0.2) is 0 Å². The molecule has 4 rings (SSSR count). The van der Waals surface area contributed by atoms with E-state index in [0.717, 1.165) is 46.4 Å². The van der Waals surface area contributed by atoms with Gasteiger partial charge in [-0.1, -0.05) is 37.3 Å². The Balaban J connectivity index is 1.64. The predicted octanol–water partition coefficient (Wildman–Crippen LogP) is 5.29. The minimum atomic E-state index is -0.807. The van der Waals surface area contributed by atoms with Crippen molar-refractivity contribution in [3.63, 3.8) is 0 Å². The van der Waals surface area contributed by atoms with Gasteiger partial charge < -0.3 is 19.5 Å². The van der Waals surface area contributed by atoms with Crippen LogP contribution in [0.5, 0.6) is 11.6 Å². The lowest BCUT2D eigenvalue weighted by molar-refractivity contribution is -0.141. The van der Waals surface area contributed by atoms with E-state index in [1.807, 2.05) is 49.3 Å². The average Bonchev–Trinajstić information content (AvgIpc) is 2.83. The number of aromatic nitrogens is 1. The molecular formula is C28H31FN2O4. The molecule has 0 saturated heterocycles. The number of methoxy groups -OCH3 is 1. The van der Waals surface area contributed by atoms with E-state index in [4.69, 9.17) is 9.47 Å². The Morgan fingerprint density at radius 1 is 1.23 bits per heavy atom. The number of fused-ring (bicyclic) bond motifs is 1. The van der Waals surface area contributed by atoms with Crippen LogP contribution in [0, 0.1) is 11.7 Å². The van der Waals surface area contributed by atoms with Crippen molar-refractivity contribution in [2.45, 2.75) is 38.8 Å². The zero-order valence-electron chi connectivity index (χ0n) is 20.5. The highest BCUT2D eigenvalue weighted by atomic mass is 19.1. The summed E-state index contributed by atoms with van der Waals surface area (Å²) in [5, 5.41) is 9.24. The van der Waals surface area contributed by atoms with Gasteiger partial charge in [-0.25, -0.2) is 9.37 Å². The summed E-state index contributed by atoms with van der Waals surface area (Å²) in [5.74, 6) is -0.496. The Morgan fingerprint density at radius 2 is 2.03 bits per heavy atom. The van der Waals surface area contributed by atoms with Crippen LogP contribution in [0.15, 0.2) is 48.7 Å². The topological polar surface area (TPSA) is 71.9 Å². The summed E-state index contributed by atoms with van der Waals surface area (Å²) >= 11 is 0. The average molecular weight is 479 g/mol. The number of aryl methyl sites for hydroxylation is 1. The number of pyridine rings is 1. The number of rotatable bonds is 8. The number of halogens is 1. The normalized spacial score (nSPS) is 15.9. The van der Waals surface area contributed by atoms with E-state index in [1.54, 1.807) is 13.0 Å². The molecule has 1 aliphatic heterocycles. The standard InChI is InChI=1S/C28H31FN2O4/c1-17(28(32)33)11-18-5-6-19-8-10-25(35-26(19)12-18)20-7-9-22(21(13-20)16-31(2)3)23-14-27(34-4)30-15-24(23)29/h5-7,9,12-15,17,25H,8,10-11,16H2,1-4H3,(H,32,33)/t17-,25?/m0/s1. The van der Waals surface area contributed by atoms with Gasteiger partial charge in [0.2, 0.25) is 5.88 Å². The lowest BCUT2D eigenvalue weighted by Crippen LogP contribution is -2.17. The van der Waals surface area contributed by atoms with Crippen LogP contribution in [0.1, 0.15) is 41.7 Å². The van der Waals surface area contributed by atoms with Crippen molar-refractivity contribution in [1.82, 2.24) is 9.88 Å². The van der Waals surface area contributed by atoms with Crippen molar-refractivity contribution >= 4 is 5.97 Å². The third kappa shape index (κ3) is 5.62. The number of carbonyl (C=O) groups is 1. The van der Waals surface area contributed by atoms with E-state index in [0.29, 0.717) is 24.4 Å². The van der Waals surface area contributed by atoms with Crippen LogP contribution >= 0.6 is 0 Å². The highest BCUT2D eigenvalue weighted by molar-refractivity contribution is 5.70. The molecule has 0 aliphatic carbocycles. The van der Waals surface area contributed by atoms with E-state index in [1.165, 1.54) is 13.3 Å². The molecule has 1 unspecified atom stereocenters. The first-order chi connectivity index (χ1) is 16.7. The van der Waals surface area contributed by atoms with Crippen molar-refractivity contribution in [1.29, 1.82) is 0 Å². The summed E-state index contributed by atoms with van der Waals surface area (Å²) in [6, 6.07) is 13.6. The summed E-state index contributed by atoms with van der Waals surface area (Å²) in [6.07, 6.45) is 3.21. The van der Waals surface area contributed by atoms with E-state index in [2.05, 4.69) is 11.1 Å². The van der Waals surface area contributed by atoms with Crippen LogP contribution in [0.4, 0.5) is 4.39 Å². The fraction of sp³-hybridized carbons (Fsp3) is 0.357. The maximum absolute atomic E-state index is 14.7. The summed E-state index contributed by atoms with van der Waals surface area (Å²) in [6.45, 7) is 2.34. The Morgan fingerprint density at radius 3 is 2.74 bits per heavy atom. The molecule has 2 aromatic carbocycles. The van der Waals surface area contributed by atoms with Crippen LogP contribution in [0.2, 0.25) is 0 Å². The minimum absolute atomic E-state index is 0.138. The van der Waals surface area contributed by atoms with E-state index < -0.39 is 17.7 Å². The molecule has 6 nitrogen and oxygen atoms in total. The molecule has 2 atom stereocenters. The third-order valence-electron chi connectivity index (χ3n) is 6.36. The smallest absolute Gasteiger partial charge is 0.306 e. The van der Waals surface area contributed by atoms with Gasteiger partial charge in [0, 0.05) is 18.2 Å². The highest BCUT2D eigenvalue weighted by Gasteiger charge is 2.24.